The van der Waals surface area contributed by atoms with Crippen LogP contribution in [0.25, 0.3) is 0 Å². The van der Waals surface area contributed by atoms with E-state index < -0.39 is 11.6 Å². The van der Waals surface area contributed by atoms with Gasteiger partial charge >= 0.3 is 0 Å². The van der Waals surface area contributed by atoms with E-state index in [-0.39, 0.29) is 0 Å². The Kier molecular flexibility index (Phi) is 4.53. The van der Waals surface area contributed by atoms with Crippen LogP contribution in [-0.4, -0.2) is 19.6 Å². The maximum Gasteiger partial charge on any atom is 0.149 e. The average molecular weight is 254 g/mol. The molecule has 0 saturated heterocycles. The first-order valence-corrected chi connectivity index (χ1v) is 6.55. The summed E-state index contributed by atoms with van der Waals surface area (Å²) >= 11 is 0. The van der Waals surface area contributed by atoms with Gasteiger partial charge in [0.25, 0.3) is 0 Å². The van der Waals surface area contributed by atoms with E-state index in [9.17, 15) is 8.78 Å². The molecule has 0 unspecified atom stereocenters. The molecule has 4 heteroatoms. The number of anilines is 1. The summed E-state index contributed by atoms with van der Waals surface area (Å²) in [6.45, 7) is 0.763. The van der Waals surface area contributed by atoms with Gasteiger partial charge in [-0.05, 0) is 50.8 Å². The summed E-state index contributed by atoms with van der Waals surface area (Å²) in [7, 11) is 2.00. The third kappa shape index (κ3) is 3.42. The molecule has 0 aliphatic heterocycles. The van der Waals surface area contributed by atoms with Crippen LogP contribution in [-0.2, 0) is 0 Å². The molecule has 1 aliphatic rings. The molecule has 2 N–H and O–H groups in total. The Morgan fingerprint density at radius 3 is 2.50 bits per heavy atom. The van der Waals surface area contributed by atoms with Gasteiger partial charge in [0.15, 0.2) is 0 Å². The summed E-state index contributed by atoms with van der Waals surface area (Å²) in [5.41, 5.74) is 0.395. The third-order valence-corrected chi connectivity index (χ3v) is 3.77. The molecule has 0 spiro atoms. The minimum Gasteiger partial charge on any atom is -0.382 e. The highest BCUT2D eigenvalue weighted by atomic mass is 19.1. The lowest BCUT2D eigenvalue weighted by molar-refractivity contribution is 0.312. The maximum atomic E-state index is 13.4. The summed E-state index contributed by atoms with van der Waals surface area (Å²) in [5.74, 6) is -0.467. The molecule has 1 aromatic carbocycles. The highest BCUT2D eigenvalue weighted by Crippen LogP contribution is 2.25. The van der Waals surface area contributed by atoms with Crippen LogP contribution in [0.5, 0.6) is 0 Å². The third-order valence-electron chi connectivity index (χ3n) is 3.77. The molecule has 0 amide bonds. The van der Waals surface area contributed by atoms with E-state index in [1.54, 1.807) is 0 Å². The van der Waals surface area contributed by atoms with Crippen LogP contribution >= 0.6 is 0 Å². The zero-order valence-electron chi connectivity index (χ0n) is 10.7. The Hall–Kier alpha value is -1.16. The van der Waals surface area contributed by atoms with Gasteiger partial charge in [-0.3, -0.25) is 0 Å². The molecular weight excluding hydrogens is 234 g/mol. The molecule has 0 heterocycles. The lowest BCUT2D eigenvalue weighted by atomic mass is 9.86. The van der Waals surface area contributed by atoms with Gasteiger partial charge in [-0.25, -0.2) is 8.78 Å². The van der Waals surface area contributed by atoms with E-state index >= 15 is 0 Å². The second kappa shape index (κ2) is 6.14. The fourth-order valence-electron chi connectivity index (χ4n) is 2.54. The van der Waals surface area contributed by atoms with E-state index in [0.29, 0.717) is 17.6 Å². The van der Waals surface area contributed by atoms with Crippen LogP contribution in [0.4, 0.5) is 14.5 Å². The van der Waals surface area contributed by atoms with Gasteiger partial charge in [0, 0.05) is 18.7 Å². The van der Waals surface area contributed by atoms with Gasteiger partial charge in [-0.1, -0.05) is 0 Å². The SMILES string of the molecule is CNC1CCC(CNc2ccc(F)cc2F)CC1. The van der Waals surface area contributed by atoms with Crippen molar-refractivity contribution in [2.75, 3.05) is 18.9 Å². The molecular formula is C14H20F2N2. The summed E-state index contributed by atoms with van der Waals surface area (Å²) in [4.78, 5) is 0. The molecule has 2 nitrogen and oxygen atoms in total. The van der Waals surface area contributed by atoms with Gasteiger partial charge in [0.2, 0.25) is 0 Å². The van der Waals surface area contributed by atoms with Crippen molar-refractivity contribution < 1.29 is 8.78 Å². The first-order chi connectivity index (χ1) is 8.69. The van der Waals surface area contributed by atoms with Crippen molar-refractivity contribution in [2.24, 2.45) is 5.92 Å². The Labute approximate surface area is 107 Å². The fraction of sp³-hybridized carbons (Fsp3) is 0.571. The zero-order valence-corrected chi connectivity index (χ0v) is 10.7. The van der Waals surface area contributed by atoms with Crippen LogP contribution in [0, 0.1) is 17.6 Å². The molecule has 1 fully saturated rings. The van der Waals surface area contributed by atoms with E-state index in [1.807, 2.05) is 7.05 Å². The van der Waals surface area contributed by atoms with Gasteiger partial charge in [0.1, 0.15) is 11.6 Å². The number of rotatable bonds is 4. The first kappa shape index (κ1) is 13.3. The molecule has 0 aromatic heterocycles. The van der Waals surface area contributed by atoms with Crippen molar-refractivity contribution in [2.45, 2.75) is 31.7 Å². The Morgan fingerprint density at radius 2 is 1.89 bits per heavy atom. The number of hydrogen-bond donors (Lipinski definition) is 2. The predicted octanol–water partition coefficient (Wildman–Crippen LogP) is 3.15. The van der Waals surface area contributed by atoms with Gasteiger partial charge in [-0.2, -0.15) is 0 Å². The molecule has 0 atom stereocenters. The average Bonchev–Trinajstić information content (AvgIpc) is 2.38. The largest absolute Gasteiger partial charge is 0.382 e. The normalized spacial score (nSPS) is 23.9. The van der Waals surface area contributed by atoms with Crippen LogP contribution in [0.3, 0.4) is 0 Å². The highest BCUT2D eigenvalue weighted by Gasteiger charge is 2.19. The Morgan fingerprint density at radius 1 is 1.17 bits per heavy atom. The lowest BCUT2D eigenvalue weighted by Crippen LogP contribution is -2.32. The number of nitrogens with one attached hydrogen (secondary N) is 2. The monoisotopic (exact) mass is 254 g/mol. The van der Waals surface area contributed by atoms with Crippen molar-refractivity contribution in [3.63, 3.8) is 0 Å². The predicted molar refractivity (Wildman–Crippen MR) is 69.7 cm³/mol. The molecule has 1 aliphatic carbocycles. The summed E-state index contributed by atoms with van der Waals surface area (Å²) in [6.07, 6.45) is 4.66. The first-order valence-electron chi connectivity index (χ1n) is 6.55. The van der Waals surface area contributed by atoms with Crippen molar-refractivity contribution in [1.29, 1.82) is 0 Å². The minimum absolute atomic E-state index is 0.395. The lowest BCUT2D eigenvalue weighted by Gasteiger charge is -2.28. The van der Waals surface area contributed by atoms with E-state index in [4.69, 9.17) is 0 Å². The maximum absolute atomic E-state index is 13.4. The molecule has 1 saturated carbocycles. The molecule has 0 bridgehead atoms. The molecule has 18 heavy (non-hydrogen) atoms. The Balaban J connectivity index is 1.81. The van der Waals surface area contributed by atoms with Crippen LogP contribution in [0.2, 0.25) is 0 Å². The summed E-state index contributed by atoms with van der Waals surface area (Å²) in [5, 5.41) is 6.37. The summed E-state index contributed by atoms with van der Waals surface area (Å²) in [6, 6.07) is 4.29. The standard InChI is InChI=1S/C14H20F2N2/c1-17-12-5-2-10(3-6-12)9-18-14-7-4-11(15)8-13(14)16/h4,7-8,10,12,17-18H,2-3,5-6,9H2,1H3. The number of halogens is 2. The summed E-state index contributed by atoms with van der Waals surface area (Å²) < 4.78 is 26.2. The van der Waals surface area contributed by atoms with Crippen LogP contribution in [0.1, 0.15) is 25.7 Å². The van der Waals surface area contributed by atoms with Crippen LogP contribution in [0.15, 0.2) is 18.2 Å². The molecule has 100 valence electrons. The topological polar surface area (TPSA) is 24.1 Å². The highest BCUT2D eigenvalue weighted by molar-refractivity contribution is 5.44. The second-order valence-electron chi connectivity index (χ2n) is 5.01. The van der Waals surface area contributed by atoms with Crippen molar-refractivity contribution in [3.05, 3.63) is 29.8 Å². The number of hydrogen-bond acceptors (Lipinski definition) is 2. The van der Waals surface area contributed by atoms with E-state index in [2.05, 4.69) is 10.6 Å². The van der Waals surface area contributed by atoms with Gasteiger partial charge < -0.3 is 10.6 Å². The minimum atomic E-state index is -0.535. The smallest absolute Gasteiger partial charge is 0.149 e. The number of benzene rings is 1. The van der Waals surface area contributed by atoms with Crippen molar-refractivity contribution in [3.8, 4) is 0 Å². The van der Waals surface area contributed by atoms with Crippen molar-refractivity contribution in [1.82, 2.24) is 5.32 Å². The Bertz CT molecular complexity index is 387. The van der Waals surface area contributed by atoms with Crippen molar-refractivity contribution >= 4 is 5.69 Å². The van der Waals surface area contributed by atoms with Gasteiger partial charge in [-0.15, -0.1) is 0 Å². The fourth-order valence-corrected chi connectivity index (χ4v) is 2.54. The molecule has 1 aromatic rings. The van der Waals surface area contributed by atoms with Gasteiger partial charge in [0.05, 0.1) is 5.69 Å². The molecule has 0 radical (unpaired) electrons. The van der Waals surface area contributed by atoms with E-state index in [1.165, 1.54) is 25.0 Å². The zero-order chi connectivity index (χ0) is 13.0. The van der Waals surface area contributed by atoms with Crippen LogP contribution < -0.4 is 10.6 Å². The molecule has 2 rings (SSSR count). The van der Waals surface area contributed by atoms with E-state index in [0.717, 1.165) is 25.5 Å². The quantitative estimate of drug-likeness (QED) is 0.862. The second-order valence-corrected chi connectivity index (χ2v) is 5.01.